The molecule has 2 unspecified atom stereocenters. The summed E-state index contributed by atoms with van der Waals surface area (Å²) in [6.07, 6.45) is 5.90. The van der Waals surface area contributed by atoms with Crippen LogP contribution in [0, 0.1) is 0 Å². The molecular formula is C18H20O3. The highest BCUT2D eigenvalue weighted by molar-refractivity contribution is 5.33. The van der Waals surface area contributed by atoms with Crippen LogP contribution in [0.2, 0.25) is 0 Å². The van der Waals surface area contributed by atoms with Gasteiger partial charge in [-0.05, 0) is 36.5 Å². The second-order valence-electron chi connectivity index (χ2n) is 6.15. The Hall–Kier alpha value is -1.58. The summed E-state index contributed by atoms with van der Waals surface area (Å²) in [6.45, 7) is 0.732. The van der Waals surface area contributed by atoms with E-state index in [1.807, 2.05) is 6.07 Å². The summed E-state index contributed by atoms with van der Waals surface area (Å²) in [5.41, 5.74) is 2.71. The number of furan rings is 1. The van der Waals surface area contributed by atoms with Crippen LogP contribution in [0.3, 0.4) is 0 Å². The van der Waals surface area contributed by atoms with Crippen LogP contribution >= 0.6 is 0 Å². The van der Waals surface area contributed by atoms with Gasteiger partial charge in [0.05, 0.1) is 24.6 Å². The van der Waals surface area contributed by atoms with E-state index in [0.717, 1.165) is 43.6 Å². The van der Waals surface area contributed by atoms with Crippen molar-refractivity contribution in [1.82, 2.24) is 0 Å². The van der Waals surface area contributed by atoms with Crippen LogP contribution in [-0.2, 0) is 23.2 Å². The summed E-state index contributed by atoms with van der Waals surface area (Å²) in [4.78, 5) is 0. The van der Waals surface area contributed by atoms with Gasteiger partial charge in [-0.15, -0.1) is 0 Å². The molecule has 0 radical (unpaired) electrons. The van der Waals surface area contributed by atoms with Crippen LogP contribution in [0.5, 0.6) is 0 Å². The van der Waals surface area contributed by atoms with Crippen LogP contribution in [0.25, 0.3) is 0 Å². The highest BCUT2D eigenvalue weighted by Gasteiger charge is 2.39. The molecule has 3 nitrogen and oxygen atoms in total. The van der Waals surface area contributed by atoms with E-state index in [4.69, 9.17) is 9.15 Å². The smallest absolute Gasteiger partial charge is 0.109 e. The van der Waals surface area contributed by atoms with E-state index in [1.54, 1.807) is 6.26 Å². The van der Waals surface area contributed by atoms with Crippen molar-refractivity contribution < 1.29 is 14.3 Å². The van der Waals surface area contributed by atoms with Crippen LogP contribution in [0.15, 0.2) is 41.0 Å². The third-order valence-electron chi connectivity index (χ3n) is 4.86. The fourth-order valence-corrected chi connectivity index (χ4v) is 3.79. The molecule has 0 bridgehead atoms. The van der Waals surface area contributed by atoms with Crippen molar-refractivity contribution in [3.63, 3.8) is 0 Å². The Balaban J connectivity index is 1.66. The van der Waals surface area contributed by atoms with Gasteiger partial charge in [0.15, 0.2) is 0 Å². The molecule has 2 aliphatic rings. The van der Waals surface area contributed by atoms with E-state index in [0.29, 0.717) is 6.42 Å². The molecular weight excluding hydrogens is 264 g/mol. The molecule has 110 valence electrons. The van der Waals surface area contributed by atoms with Crippen LogP contribution in [0.4, 0.5) is 0 Å². The Morgan fingerprint density at radius 2 is 2.10 bits per heavy atom. The van der Waals surface area contributed by atoms with Gasteiger partial charge in [0.1, 0.15) is 5.76 Å². The van der Waals surface area contributed by atoms with Gasteiger partial charge >= 0.3 is 0 Å². The number of aryl methyl sites for hydroxylation is 1. The molecule has 0 fully saturated rings. The number of hydrogen-bond donors (Lipinski definition) is 1. The van der Waals surface area contributed by atoms with Crippen molar-refractivity contribution in [3.8, 4) is 0 Å². The molecule has 0 saturated carbocycles. The zero-order chi connectivity index (χ0) is 14.3. The van der Waals surface area contributed by atoms with Crippen LogP contribution in [0.1, 0.15) is 47.8 Å². The number of fused-ring (bicyclic) bond motifs is 2. The second kappa shape index (κ2) is 5.00. The molecule has 0 spiro atoms. The molecule has 3 heteroatoms. The minimum Gasteiger partial charge on any atom is -0.469 e. The lowest BCUT2D eigenvalue weighted by atomic mass is 9.77. The molecule has 0 saturated heterocycles. The lowest BCUT2D eigenvalue weighted by Gasteiger charge is -2.36. The predicted molar refractivity (Wildman–Crippen MR) is 79.0 cm³/mol. The maximum absolute atomic E-state index is 11.2. The van der Waals surface area contributed by atoms with Gasteiger partial charge in [-0.2, -0.15) is 0 Å². The average Bonchev–Trinajstić information content (AvgIpc) is 2.98. The highest BCUT2D eigenvalue weighted by atomic mass is 16.5. The largest absolute Gasteiger partial charge is 0.469 e. The Morgan fingerprint density at radius 1 is 1.19 bits per heavy atom. The van der Waals surface area contributed by atoms with E-state index in [9.17, 15) is 5.11 Å². The Bertz CT molecular complexity index is 645. The van der Waals surface area contributed by atoms with Crippen molar-refractivity contribution in [3.05, 3.63) is 59.0 Å². The predicted octanol–water partition coefficient (Wildman–Crippen LogP) is 3.51. The van der Waals surface area contributed by atoms with E-state index >= 15 is 0 Å². The van der Waals surface area contributed by atoms with Gasteiger partial charge < -0.3 is 14.3 Å². The minimum atomic E-state index is -0.824. The fraction of sp³-hybridized carbons (Fsp3) is 0.444. The third kappa shape index (κ3) is 2.21. The van der Waals surface area contributed by atoms with E-state index in [1.165, 1.54) is 11.1 Å². The van der Waals surface area contributed by atoms with Crippen molar-refractivity contribution >= 4 is 0 Å². The molecule has 2 atom stereocenters. The summed E-state index contributed by atoms with van der Waals surface area (Å²) >= 11 is 0. The lowest BCUT2D eigenvalue weighted by molar-refractivity contribution is -0.0595. The van der Waals surface area contributed by atoms with Gasteiger partial charge in [0, 0.05) is 18.4 Å². The Kier molecular flexibility index (Phi) is 3.12. The first-order chi connectivity index (χ1) is 10.3. The summed E-state index contributed by atoms with van der Waals surface area (Å²) in [7, 11) is 0. The Morgan fingerprint density at radius 3 is 3.05 bits per heavy atom. The van der Waals surface area contributed by atoms with E-state index in [-0.39, 0.29) is 6.10 Å². The molecule has 1 aliphatic heterocycles. The van der Waals surface area contributed by atoms with Crippen LogP contribution < -0.4 is 0 Å². The standard InChI is InChI=1S/C18H20O3/c19-18(9-3-6-16-15(18)8-11-20-16)12-17-14-5-2-1-4-13(14)7-10-21-17/h1-2,4-5,8,11,17,19H,3,6-7,9-10,12H2. The van der Waals surface area contributed by atoms with Gasteiger partial charge in [-0.25, -0.2) is 0 Å². The SMILES string of the molecule is OC1(CC2OCCc3ccccc32)CCCc2occc21. The zero-order valence-corrected chi connectivity index (χ0v) is 12.0. The molecule has 2 aromatic rings. The van der Waals surface area contributed by atoms with Crippen molar-refractivity contribution in [2.75, 3.05) is 6.61 Å². The monoisotopic (exact) mass is 284 g/mol. The summed E-state index contributed by atoms with van der Waals surface area (Å²) in [5.74, 6) is 0.938. The number of rotatable bonds is 2. The summed E-state index contributed by atoms with van der Waals surface area (Å²) in [5, 5.41) is 11.2. The molecule has 1 aromatic carbocycles. The Labute approximate surface area is 124 Å². The normalized spacial score (nSPS) is 28.0. The minimum absolute atomic E-state index is 0.0270. The molecule has 21 heavy (non-hydrogen) atoms. The maximum Gasteiger partial charge on any atom is 0.109 e. The summed E-state index contributed by atoms with van der Waals surface area (Å²) < 4.78 is 11.5. The second-order valence-corrected chi connectivity index (χ2v) is 6.15. The summed E-state index contributed by atoms with van der Waals surface area (Å²) in [6, 6.07) is 10.3. The number of benzene rings is 1. The van der Waals surface area contributed by atoms with Gasteiger partial charge in [0.2, 0.25) is 0 Å². The van der Waals surface area contributed by atoms with Crippen molar-refractivity contribution in [2.45, 2.75) is 43.8 Å². The van der Waals surface area contributed by atoms with Gasteiger partial charge in [-0.3, -0.25) is 0 Å². The molecule has 4 rings (SSSR count). The number of aliphatic hydroxyl groups is 1. The molecule has 1 N–H and O–H groups in total. The first-order valence-electron chi connectivity index (χ1n) is 7.75. The molecule has 1 aromatic heterocycles. The third-order valence-corrected chi connectivity index (χ3v) is 4.86. The molecule has 2 heterocycles. The van der Waals surface area contributed by atoms with Gasteiger partial charge in [0.25, 0.3) is 0 Å². The quantitative estimate of drug-likeness (QED) is 0.917. The van der Waals surface area contributed by atoms with Crippen LogP contribution in [-0.4, -0.2) is 11.7 Å². The zero-order valence-electron chi connectivity index (χ0n) is 12.0. The maximum atomic E-state index is 11.2. The lowest BCUT2D eigenvalue weighted by Crippen LogP contribution is -2.33. The highest BCUT2D eigenvalue weighted by Crippen LogP contribution is 2.44. The first-order valence-corrected chi connectivity index (χ1v) is 7.75. The topological polar surface area (TPSA) is 42.6 Å². The van der Waals surface area contributed by atoms with E-state index in [2.05, 4.69) is 24.3 Å². The van der Waals surface area contributed by atoms with Crippen molar-refractivity contribution in [2.24, 2.45) is 0 Å². The van der Waals surface area contributed by atoms with Crippen molar-refractivity contribution in [1.29, 1.82) is 0 Å². The first kappa shape index (κ1) is 13.1. The number of hydrogen-bond acceptors (Lipinski definition) is 3. The van der Waals surface area contributed by atoms with E-state index < -0.39 is 5.60 Å². The average molecular weight is 284 g/mol. The molecule has 0 amide bonds. The van der Waals surface area contributed by atoms with Gasteiger partial charge in [-0.1, -0.05) is 24.3 Å². The number of ether oxygens (including phenoxy) is 1. The molecule has 1 aliphatic carbocycles. The fourth-order valence-electron chi connectivity index (χ4n) is 3.79.